The van der Waals surface area contributed by atoms with E-state index in [-0.39, 0.29) is 17.3 Å². The number of nitrogens with zero attached hydrogens (tertiary/aromatic N) is 1. The number of benzene rings is 1. The molecule has 72 valence electrons. The quantitative estimate of drug-likeness (QED) is 0.573. The second-order valence-electron chi connectivity index (χ2n) is 2.53. The van der Waals surface area contributed by atoms with Gasteiger partial charge in [-0.3, -0.25) is 4.79 Å². The number of carbonyl (C=O) groups is 1. The number of halogens is 1. The summed E-state index contributed by atoms with van der Waals surface area (Å²) in [6, 6.07) is 6.05. The standard InChI is InChI=1S/C9H7ClN2O2/c10-4-9(14)12-7-3-6(5-11)1-2-8(7)13/h1-3,13H,4H2,(H,12,14). The predicted octanol–water partition coefficient (Wildman–Crippen LogP) is 1.44. The Morgan fingerprint density at radius 1 is 1.64 bits per heavy atom. The lowest BCUT2D eigenvalue weighted by molar-refractivity contribution is -0.113. The lowest BCUT2D eigenvalue weighted by Gasteiger charge is -2.05. The van der Waals surface area contributed by atoms with Crippen LogP contribution in [0.2, 0.25) is 0 Å². The highest BCUT2D eigenvalue weighted by molar-refractivity contribution is 6.29. The van der Waals surface area contributed by atoms with Crippen molar-refractivity contribution in [1.82, 2.24) is 0 Å². The topological polar surface area (TPSA) is 73.1 Å². The number of anilines is 1. The second kappa shape index (κ2) is 4.49. The van der Waals surface area contributed by atoms with E-state index in [1.165, 1.54) is 18.2 Å². The first-order chi connectivity index (χ1) is 6.67. The molecule has 0 bridgehead atoms. The van der Waals surface area contributed by atoms with Crippen LogP contribution in [0.15, 0.2) is 18.2 Å². The molecule has 5 heteroatoms. The minimum absolute atomic E-state index is 0.0949. The Morgan fingerprint density at radius 3 is 2.93 bits per heavy atom. The largest absolute Gasteiger partial charge is 0.506 e. The number of hydrogen-bond acceptors (Lipinski definition) is 3. The van der Waals surface area contributed by atoms with Crippen molar-refractivity contribution >= 4 is 23.2 Å². The maximum Gasteiger partial charge on any atom is 0.239 e. The fraction of sp³-hybridized carbons (Fsp3) is 0.111. The third-order valence-corrected chi connectivity index (χ3v) is 1.76. The molecule has 0 saturated heterocycles. The van der Waals surface area contributed by atoms with Gasteiger partial charge in [-0.2, -0.15) is 5.26 Å². The molecule has 0 aliphatic heterocycles. The first-order valence-corrected chi connectivity index (χ1v) is 4.29. The number of phenolic OH excluding ortho intramolecular Hbond substituents is 1. The summed E-state index contributed by atoms with van der Waals surface area (Å²) >= 11 is 5.27. The van der Waals surface area contributed by atoms with E-state index in [1.807, 2.05) is 6.07 Å². The van der Waals surface area contributed by atoms with E-state index in [9.17, 15) is 9.90 Å². The molecule has 0 aromatic heterocycles. The van der Waals surface area contributed by atoms with Gasteiger partial charge in [0.2, 0.25) is 5.91 Å². The average Bonchev–Trinajstić information content (AvgIpc) is 2.21. The van der Waals surface area contributed by atoms with Crippen molar-refractivity contribution in [3.8, 4) is 11.8 Å². The zero-order valence-corrected chi connectivity index (χ0v) is 7.88. The van der Waals surface area contributed by atoms with Gasteiger partial charge in [0, 0.05) is 0 Å². The van der Waals surface area contributed by atoms with Gasteiger partial charge >= 0.3 is 0 Å². The third-order valence-electron chi connectivity index (χ3n) is 1.52. The second-order valence-corrected chi connectivity index (χ2v) is 2.79. The summed E-state index contributed by atoms with van der Waals surface area (Å²) in [5, 5.41) is 20.2. The van der Waals surface area contributed by atoms with Gasteiger partial charge in [0.05, 0.1) is 17.3 Å². The molecule has 0 atom stereocenters. The molecule has 0 aliphatic rings. The van der Waals surface area contributed by atoms with Crippen LogP contribution in [-0.4, -0.2) is 16.9 Å². The molecule has 2 N–H and O–H groups in total. The van der Waals surface area contributed by atoms with Gasteiger partial charge in [0.25, 0.3) is 0 Å². The summed E-state index contributed by atoms with van der Waals surface area (Å²) in [6.07, 6.45) is 0. The van der Waals surface area contributed by atoms with E-state index in [2.05, 4.69) is 5.32 Å². The maximum atomic E-state index is 10.9. The number of phenols is 1. The lowest BCUT2D eigenvalue weighted by atomic mass is 10.2. The Morgan fingerprint density at radius 2 is 2.36 bits per heavy atom. The van der Waals surface area contributed by atoms with E-state index in [0.29, 0.717) is 5.56 Å². The van der Waals surface area contributed by atoms with Crippen LogP contribution in [0.25, 0.3) is 0 Å². The number of rotatable bonds is 2. The number of nitrogens with one attached hydrogen (secondary N) is 1. The van der Waals surface area contributed by atoms with Crippen molar-refractivity contribution in [2.45, 2.75) is 0 Å². The lowest BCUT2D eigenvalue weighted by Crippen LogP contribution is -2.12. The number of hydrogen-bond donors (Lipinski definition) is 2. The third kappa shape index (κ3) is 2.38. The molecule has 1 rings (SSSR count). The van der Waals surface area contributed by atoms with Crippen LogP contribution < -0.4 is 5.32 Å². The van der Waals surface area contributed by atoms with Gasteiger partial charge in [-0.15, -0.1) is 11.6 Å². The van der Waals surface area contributed by atoms with Gasteiger partial charge in [-0.05, 0) is 18.2 Å². The van der Waals surface area contributed by atoms with E-state index < -0.39 is 5.91 Å². The maximum absolute atomic E-state index is 10.9. The number of aromatic hydroxyl groups is 1. The van der Waals surface area contributed by atoms with Crippen molar-refractivity contribution in [2.24, 2.45) is 0 Å². The minimum Gasteiger partial charge on any atom is -0.506 e. The Labute approximate surface area is 85.7 Å². The number of carbonyl (C=O) groups excluding carboxylic acids is 1. The number of nitriles is 1. The molecule has 0 spiro atoms. The monoisotopic (exact) mass is 210 g/mol. The molecular weight excluding hydrogens is 204 g/mol. The highest BCUT2D eigenvalue weighted by atomic mass is 35.5. The van der Waals surface area contributed by atoms with Crippen molar-refractivity contribution in [2.75, 3.05) is 11.2 Å². The van der Waals surface area contributed by atoms with Crippen molar-refractivity contribution in [3.63, 3.8) is 0 Å². The Hall–Kier alpha value is -1.73. The van der Waals surface area contributed by atoms with E-state index in [0.717, 1.165) is 0 Å². The molecule has 0 fully saturated rings. The van der Waals surface area contributed by atoms with Crippen LogP contribution in [0, 0.1) is 11.3 Å². The molecule has 1 aromatic rings. The fourth-order valence-electron chi connectivity index (χ4n) is 0.889. The first-order valence-electron chi connectivity index (χ1n) is 3.76. The Balaban J connectivity index is 2.96. The van der Waals surface area contributed by atoms with Crippen LogP contribution in [0.5, 0.6) is 5.75 Å². The van der Waals surface area contributed by atoms with Crippen molar-refractivity contribution in [1.29, 1.82) is 5.26 Å². The summed E-state index contributed by atoms with van der Waals surface area (Å²) < 4.78 is 0. The van der Waals surface area contributed by atoms with Gasteiger partial charge in [0.1, 0.15) is 11.6 Å². The molecule has 0 saturated carbocycles. The normalized spacial score (nSPS) is 9.14. The molecule has 4 nitrogen and oxygen atoms in total. The molecule has 0 heterocycles. The predicted molar refractivity (Wildman–Crippen MR) is 52.2 cm³/mol. The van der Waals surface area contributed by atoms with Crippen LogP contribution >= 0.6 is 11.6 Å². The highest BCUT2D eigenvalue weighted by Gasteiger charge is 2.05. The molecule has 0 aliphatic carbocycles. The van der Waals surface area contributed by atoms with Crippen LogP contribution in [0.1, 0.15) is 5.56 Å². The van der Waals surface area contributed by atoms with Gasteiger partial charge in [0.15, 0.2) is 0 Å². The fourth-order valence-corrected chi connectivity index (χ4v) is 0.956. The van der Waals surface area contributed by atoms with Crippen molar-refractivity contribution < 1.29 is 9.90 Å². The summed E-state index contributed by atoms with van der Waals surface area (Å²) in [4.78, 5) is 10.9. The van der Waals surface area contributed by atoms with E-state index >= 15 is 0 Å². The number of alkyl halides is 1. The van der Waals surface area contributed by atoms with Gasteiger partial charge in [-0.25, -0.2) is 0 Å². The molecule has 14 heavy (non-hydrogen) atoms. The Kier molecular flexibility index (Phi) is 3.32. The summed E-state index contributed by atoms with van der Waals surface area (Å²) in [6.45, 7) is 0. The summed E-state index contributed by atoms with van der Waals surface area (Å²) in [5.74, 6) is -0.726. The zero-order valence-electron chi connectivity index (χ0n) is 7.12. The van der Waals surface area contributed by atoms with Gasteiger partial charge in [-0.1, -0.05) is 0 Å². The molecule has 1 aromatic carbocycles. The van der Waals surface area contributed by atoms with E-state index in [1.54, 1.807) is 0 Å². The van der Waals surface area contributed by atoms with Crippen molar-refractivity contribution in [3.05, 3.63) is 23.8 Å². The van der Waals surface area contributed by atoms with E-state index in [4.69, 9.17) is 16.9 Å². The average molecular weight is 211 g/mol. The number of amides is 1. The van der Waals surface area contributed by atoms with Crippen LogP contribution in [0.3, 0.4) is 0 Å². The summed E-state index contributed by atoms with van der Waals surface area (Å²) in [5.41, 5.74) is 0.544. The van der Waals surface area contributed by atoms with Crippen LogP contribution in [0.4, 0.5) is 5.69 Å². The minimum atomic E-state index is -0.433. The first kappa shape index (κ1) is 10.4. The summed E-state index contributed by atoms with van der Waals surface area (Å²) in [7, 11) is 0. The zero-order chi connectivity index (χ0) is 10.6. The molecule has 1 amide bonds. The SMILES string of the molecule is N#Cc1ccc(O)c(NC(=O)CCl)c1. The molecule has 0 radical (unpaired) electrons. The van der Waals surface area contributed by atoms with Crippen LogP contribution in [-0.2, 0) is 4.79 Å². The highest BCUT2D eigenvalue weighted by Crippen LogP contribution is 2.23. The Bertz CT molecular complexity index is 398. The van der Waals surface area contributed by atoms with Gasteiger partial charge < -0.3 is 10.4 Å². The smallest absolute Gasteiger partial charge is 0.239 e. The molecule has 0 unspecified atom stereocenters. The molecular formula is C9H7ClN2O2.